The van der Waals surface area contributed by atoms with Crippen molar-refractivity contribution in [3.8, 4) is 0 Å². The number of aromatic nitrogens is 2. The first-order valence-corrected chi connectivity index (χ1v) is 8.40. The Labute approximate surface area is 169 Å². The quantitative estimate of drug-likeness (QED) is 0.695. The average molecular weight is 415 g/mol. The number of nitrogens with two attached hydrogens (primary N) is 1. The van der Waals surface area contributed by atoms with Gasteiger partial charge in [0.25, 0.3) is 0 Å². The molecule has 2 atom stereocenters. The molecule has 1 saturated heterocycles. The number of halogens is 4. The molecule has 2 aromatic carbocycles. The maximum Gasteiger partial charge on any atom is 0.320 e. The second-order valence-electron chi connectivity index (χ2n) is 6.54. The molecule has 1 aromatic heterocycles. The molecule has 0 amide bonds. The molecule has 4 nitrogen and oxygen atoms in total. The number of hydrogen-bond acceptors (Lipinski definition) is 3. The highest BCUT2D eigenvalue weighted by Gasteiger charge is 2.32. The van der Waals surface area contributed by atoms with Crippen molar-refractivity contribution in [3.63, 3.8) is 0 Å². The van der Waals surface area contributed by atoms with Crippen LogP contribution in [0.5, 0.6) is 0 Å². The Balaban J connectivity index is 0.00000131. The molecule has 27 heavy (non-hydrogen) atoms. The monoisotopic (exact) mass is 414 g/mol. The summed E-state index contributed by atoms with van der Waals surface area (Å²) in [4.78, 5) is 6.53. The van der Waals surface area contributed by atoms with Gasteiger partial charge in [-0.05, 0) is 17.7 Å². The van der Waals surface area contributed by atoms with Crippen molar-refractivity contribution in [2.45, 2.75) is 25.1 Å². The number of rotatable bonds is 4. The SMILES string of the molecule is Cl.Cl.N[C@@H]1CN(Cc2nc3ccccc3n2C(F)F)C[C@H]1c1ccccc1. The lowest BCUT2D eigenvalue weighted by molar-refractivity contribution is 0.0689. The van der Waals surface area contributed by atoms with Gasteiger partial charge in [-0.2, -0.15) is 8.78 Å². The van der Waals surface area contributed by atoms with Crippen LogP contribution < -0.4 is 5.73 Å². The Morgan fingerprint density at radius 3 is 2.37 bits per heavy atom. The number of imidazole rings is 1. The van der Waals surface area contributed by atoms with Crippen molar-refractivity contribution in [2.24, 2.45) is 5.73 Å². The topological polar surface area (TPSA) is 47.1 Å². The van der Waals surface area contributed by atoms with Crippen molar-refractivity contribution < 1.29 is 8.78 Å². The summed E-state index contributed by atoms with van der Waals surface area (Å²) in [6.45, 7) is -0.816. The molecule has 1 aliphatic rings. The van der Waals surface area contributed by atoms with Crippen LogP contribution in [0.2, 0.25) is 0 Å². The second-order valence-corrected chi connectivity index (χ2v) is 6.54. The van der Waals surface area contributed by atoms with E-state index in [0.717, 1.165) is 11.1 Å². The number of fused-ring (bicyclic) bond motifs is 1. The predicted octanol–water partition coefficient (Wildman–Crippen LogP) is 4.20. The zero-order chi connectivity index (χ0) is 17.4. The van der Waals surface area contributed by atoms with Crippen molar-refractivity contribution in [3.05, 3.63) is 66.0 Å². The maximum atomic E-state index is 13.6. The van der Waals surface area contributed by atoms with Gasteiger partial charge in [0, 0.05) is 25.0 Å². The van der Waals surface area contributed by atoms with Crippen molar-refractivity contribution in [2.75, 3.05) is 13.1 Å². The Morgan fingerprint density at radius 1 is 1.00 bits per heavy atom. The number of alkyl halides is 2. The average Bonchev–Trinajstić information content (AvgIpc) is 3.15. The first-order valence-electron chi connectivity index (χ1n) is 8.40. The fourth-order valence-corrected chi connectivity index (χ4v) is 3.72. The largest absolute Gasteiger partial charge is 0.326 e. The second kappa shape index (κ2) is 8.97. The predicted molar refractivity (Wildman–Crippen MR) is 108 cm³/mol. The molecule has 2 N–H and O–H groups in total. The molecule has 0 spiro atoms. The van der Waals surface area contributed by atoms with Crippen LogP contribution in [0, 0.1) is 0 Å². The van der Waals surface area contributed by atoms with E-state index in [4.69, 9.17) is 5.73 Å². The molecule has 2 heterocycles. The summed E-state index contributed by atoms with van der Waals surface area (Å²) >= 11 is 0. The van der Waals surface area contributed by atoms with Gasteiger partial charge in [0.2, 0.25) is 0 Å². The molecule has 0 unspecified atom stereocenters. The van der Waals surface area contributed by atoms with Crippen molar-refractivity contribution in [1.29, 1.82) is 0 Å². The third kappa shape index (κ3) is 4.24. The summed E-state index contributed by atoms with van der Waals surface area (Å²) in [6, 6.07) is 17.1. The van der Waals surface area contributed by atoms with Gasteiger partial charge in [0.05, 0.1) is 17.6 Å². The van der Waals surface area contributed by atoms with E-state index in [9.17, 15) is 8.78 Å². The Bertz CT molecular complexity index is 873. The highest BCUT2D eigenvalue weighted by Crippen LogP contribution is 2.29. The molecule has 0 radical (unpaired) electrons. The van der Waals surface area contributed by atoms with Gasteiger partial charge in [-0.25, -0.2) is 4.98 Å². The lowest BCUT2D eigenvalue weighted by Gasteiger charge is -2.16. The molecule has 0 saturated carbocycles. The zero-order valence-corrected chi connectivity index (χ0v) is 16.2. The molecule has 1 aliphatic heterocycles. The number of benzene rings is 2. The highest BCUT2D eigenvalue weighted by molar-refractivity contribution is 5.85. The van der Waals surface area contributed by atoms with Gasteiger partial charge in [-0.15, -0.1) is 24.8 Å². The fraction of sp³-hybridized carbons (Fsp3) is 0.316. The van der Waals surface area contributed by atoms with E-state index in [-0.39, 0.29) is 36.8 Å². The van der Waals surface area contributed by atoms with Gasteiger partial charge in [-0.3, -0.25) is 9.47 Å². The summed E-state index contributed by atoms with van der Waals surface area (Å²) in [7, 11) is 0. The minimum Gasteiger partial charge on any atom is -0.326 e. The normalized spacial score (nSPS) is 19.9. The molecule has 4 rings (SSSR count). The maximum absolute atomic E-state index is 13.6. The zero-order valence-electron chi connectivity index (χ0n) is 14.5. The van der Waals surface area contributed by atoms with Crippen LogP contribution in [-0.2, 0) is 6.54 Å². The van der Waals surface area contributed by atoms with Crippen LogP contribution >= 0.6 is 24.8 Å². The van der Waals surface area contributed by atoms with Crippen LogP contribution in [0.4, 0.5) is 8.78 Å². The number of hydrogen-bond donors (Lipinski definition) is 1. The van der Waals surface area contributed by atoms with Crippen LogP contribution in [0.3, 0.4) is 0 Å². The molecule has 146 valence electrons. The number of para-hydroxylation sites is 2. The summed E-state index contributed by atoms with van der Waals surface area (Å²) in [5, 5.41) is 0. The van der Waals surface area contributed by atoms with Gasteiger partial charge >= 0.3 is 6.55 Å². The first kappa shape index (κ1) is 21.6. The molecular formula is C19H22Cl2F2N4. The van der Waals surface area contributed by atoms with Gasteiger partial charge < -0.3 is 5.73 Å². The Morgan fingerprint density at radius 2 is 1.67 bits per heavy atom. The first-order chi connectivity index (χ1) is 12.1. The molecule has 8 heteroatoms. The summed E-state index contributed by atoms with van der Waals surface area (Å²) in [6.07, 6.45) is 0. The van der Waals surface area contributed by atoms with E-state index in [1.807, 2.05) is 24.3 Å². The van der Waals surface area contributed by atoms with E-state index in [0.29, 0.717) is 29.9 Å². The molecule has 0 aliphatic carbocycles. The standard InChI is InChI=1S/C19H20F2N4.2ClH/c20-19(21)25-17-9-5-4-8-16(17)23-18(25)12-24-10-14(15(22)11-24)13-6-2-1-3-7-13;;/h1-9,14-15,19H,10-12,22H2;2*1H/t14-,15+;;/m0../s1. The molecular weight excluding hydrogens is 393 g/mol. The Hall–Kier alpha value is -1.73. The van der Waals surface area contributed by atoms with Crippen LogP contribution in [0.1, 0.15) is 23.9 Å². The smallest absolute Gasteiger partial charge is 0.320 e. The van der Waals surface area contributed by atoms with Crippen molar-refractivity contribution in [1.82, 2.24) is 14.5 Å². The van der Waals surface area contributed by atoms with E-state index in [1.165, 1.54) is 5.56 Å². The van der Waals surface area contributed by atoms with Gasteiger partial charge in [-0.1, -0.05) is 42.5 Å². The summed E-state index contributed by atoms with van der Waals surface area (Å²) in [5.41, 5.74) is 8.57. The minimum atomic E-state index is -2.61. The van der Waals surface area contributed by atoms with Crippen LogP contribution in [-0.4, -0.2) is 33.6 Å². The number of nitrogens with zero attached hydrogens (tertiary/aromatic N) is 3. The summed E-state index contributed by atoms with van der Waals surface area (Å²) in [5.74, 6) is 0.600. The van der Waals surface area contributed by atoms with Crippen LogP contribution in [0.25, 0.3) is 11.0 Å². The van der Waals surface area contributed by atoms with Crippen molar-refractivity contribution >= 4 is 35.8 Å². The fourth-order valence-electron chi connectivity index (χ4n) is 3.72. The van der Waals surface area contributed by atoms with Gasteiger partial charge in [0.1, 0.15) is 5.82 Å². The van der Waals surface area contributed by atoms with E-state index in [1.54, 1.807) is 18.2 Å². The van der Waals surface area contributed by atoms with Gasteiger partial charge in [0.15, 0.2) is 0 Å². The lowest BCUT2D eigenvalue weighted by Crippen LogP contribution is -2.29. The van der Waals surface area contributed by atoms with E-state index in [2.05, 4.69) is 22.0 Å². The molecule has 1 fully saturated rings. The third-order valence-corrected chi connectivity index (χ3v) is 4.90. The highest BCUT2D eigenvalue weighted by atomic mass is 35.5. The minimum absolute atomic E-state index is 0. The summed E-state index contributed by atoms with van der Waals surface area (Å²) < 4.78 is 28.2. The van der Waals surface area contributed by atoms with Crippen LogP contribution in [0.15, 0.2) is 54.6 Å². The third-order valence-electron chi connectivity index (χ3n) is 4.90. The lowest BCUT2D eigenvalue weighted by atomic mass is 9.95. The van der Waals surface area contributed by atoms with E-state index < -0.39 is 6.55 Å². The Kier molecular flexibility index (Phi) is 7.17. The van der Waals surface area contributed by atoms with E-state index >= 15 is 0 Å². The molecule has 0 bridgehead atoms. The molecule has 3 aromatic rings. The number of likely N-dealkylation sites (tertiary alicyclic amines) is 1.